The molecule has 4 N–H and O–H groups in total. The van der Waals surface area contributed by atoms with Gasteiger partial charge in [-0.1, -0.05) is 51.0 Å². The van der Waals surface area contributed by atoms with E-state index >= 15 is 0 Å². The fourth-order valence-electron chi connectivity index (χ4n) is 4.52. The molecule has 2 rings (SSSR count). The summed E-state index contributed by atoms with van der Waals surface area (Å²) in [6.07, 6.45) is 13.2. The average Bonchev–Trinajstić information content (AvgIpc) is 3.05. The third-order valence-electron chi connectivity index (χ3n) is 5.78. The zero-order valence-electron chi connectivity index (χ0n) is 14.5. The molecule has 2 aliphatic rings. The maximum atomic E-state index is 11.5. The van der Waals surface area contributed by atoms with Gasteiger partial charge in [0.25, 0.3) is 0 Å². The molecule has 2 unspecified atom stereocenters. The summed E-state index contributed by atoms with van der Waals surface area (Å²) in [5.74, 6) is -0.00703. The van der Waals surface area contributed by atoms with Crippen LogP contribution in [0.1, 0.15) is 64.2 Å². The normalized spacial score (nSPS) is 24.7. The number of aliphatic carboxylic acids is 1. The molecule has 0 spiro atoms. The molecule has 0 radical (unpaired) electrons. The van der Waals surface area contributed by atoms with Crippen molar-refractivity contribution in [1.82, 2.24) is 0 Å². The van der Waals surface area contributed by atoms with Crippen molar-refractivity contribution in [2.75, 3.05) is 6.16 Å². The van der Waals surface area contributed by atoms with E-state index in [1.54, 1.807) is 6.08 Å². The second-order valence-corrected chi connectivity index (χ2v) is 8.73. The highest BCUT2D eigenvalue weighted by molar-refractivity contribution is 7.38. The minimum absolute atomic E-state index is 0.0156. The SMILES string of the molecule is N[C@H](CC1CCCCC1)C(/C=C(\C[PH](=O)O)C(=O)O)C1CCCC1. The number of hydrogen-bond acceptors (Lipinski definition) is 3. The van der Waals surface area contributed by atoms with Gasteiger partial charge in [0, 0.05) is 11.6 Å². The lowest BCUT2D eigenvalue weighted by molar-refractivity contribution is -0.132. The van der Waals surface area contributed by atoms with Crippen LogP contribution in [0.4, 0.5) is 0 Å². The van der Waals surface area contributed by atoms with Gasteiger partial charge in [0.15, 0.2) is 8.03 Å². The first-order valence-corrected chi connectivity index (χ1v) is 10.9. The van der Waals surface area contributed by atoms with Crippen LogP contribution < -0.4 is 5.73 Å². The van der Waals surface area contributed by atoms with E-state index in [2.05, 4.69) is 0 Å². The Morgan fingerprint density at radius 3 is 2.25 bits per heavy atom. The maximum Gasteiger partial charge on any atom is 0.331 e. The topological polar surface area (TPSA) is 101 Å². The zero-order valence-corrected chi connectivity index (χ0v) is 15.5. The van der Waals surface area contributed by atoms with Gasteiger partial charge in [-0.25, -0.2) is 4.79 Å². The van der Waals surface area contributed by atoms with Crippen LogP contribution in [0.25, 0.3) is 0 Å². The largest absolute Gasteiger partial charge is 0.478 e. The summed E-state index contributed by atoms with van der Waals surface area (Å²) in [6.45, 7) is 0. The Morgan fingerprint density at radius 1 is 1.12 bits per heavy atom. The van der Waals surface area contributed by atoms with Crippen LogP contribution >= 0.6 is 8.03 Å². The molecule has 138 valence electrons. The minimum Gasteiger partial charge on any atom is -0.478 e. The number of carboxylic acids is 1. The molecule has 0 aromatic rings. The molecule has 2 fully saturated rings. The lowest BCUT2D eigenvalue weighted by atomic mass is 9.77. The number of nitrogens with two attached hydrogens (primary N) is 1. The van der Waals surface area contributed by atoms with Gasteiger partial charge in [0.05, 0.1) is 6.16 Å². The third-order valence-corrected chi connectivity index (χ3v) is 6.46. The summed E-state index contributed by atoms with van der Waals surface area (Å²) >= 11 is 0. The zero-order chi connectivity index (χ0) is 17.5. The van der Waals surface area contributed by atoms with Gasteiger partial charge in [-0.2, -0.15) is 0 Å². The summed E-state index contributed by atoms with van der Waals surface area (Å²) in [7, 11) is -2.84. The molecular weight excluding hydrogens is 325 g/mol. The molecule has 0 aromatic carbocycles. The number of carboxylic acid groups (broad SMARTS) is 1. The van der Waals surface area contributed by atoms with Crippen molar-refractivity contribution in [3.8, 4) is 0 Å². The Bertz CT molecular complexity index is 468. The van der Waals surface area contributed by atoms with Crippen LogP contribution in [0.3, 0.4) is 0 Å². The summed E-state index contributed by atoms with van der Waals surface area (Å²) in [5, 5.41) is 9.37. The molecule has 0 heterocycles. The Morgan fingerprint density at radius 2 is 1.71 bits per heavy atom. The highest BCUT2D eigenvalue weighted by Gasteiger charge is 2.31. The summed E-state index contributed by atoms with van der Waals surface area (Å²) in [5.41, 5.74) is 6.61. The van der Waals surface area contributed by atoms with Crippen molar-refractivity contribution in [3.63, 3.8) is 0 Å². The van der Waals surface area contributed by atoms with E-state index in [9.17, 15) is 14.5 Å². The fraction of sp³-hybridized carbons (Fsp3) is 0.833. The van der Waals surface area contributed by atoms with E-state index in [4.69, 9.17) is 10.6 Å². The van der Waals surface area contributed by atoms with Gasteiger partial charge in [-0.15, -0.1) is 0 Å². The molecule has 5 nitrogen and oxygen atoms in total. The first kappa shape index (κ1) is 19.7. The standard InChI is InChI=1S/C18H32NO4P/c19-17(10-13-6-2-1-3-7-13)16(14-8-4-5-9-14)11-15(18(20)21)12-24(22)23/h11,13-14,16-17,24H,1-10,12,19H2,(H,20,21)(H,22,23)/b15-11+/t16?,17-/m1/s1. The number of hydrogen-bond donors (Lipinski definition) is 3. The second-order valence-electron chi connectivity index (χ2n) is 7.59. The highest BCUT2D eigenvalue weighted by Crippen LogP contribution is 2.37. The Hall–Kier alpha value is -0.640. The predicted octanol–water partition coefficient (Wildman–Crippen LogP) is 3.57. The highest BCUT2D eigenvalue weighted by atomic mass is 31.1. The maximum absolute atomic E-state index is 11.5. The van der Waals surface area contributed by atoms with Crippen molar-refractivity contribution in [1.29, 1.82) is 0 Å². The first-order valence-electron chi connectivity index (χ1n) is 9.38. The first-order chi connectivity index (χ1) is 11.5. The van der Waals surface area contributed by atoms with E-state index < -0.39 is 14.0 Å². The van der Waals surface area contributed by atoms with Crippen LogP contribution in [0, 0.1) is 17.8 Å². The van der Waals surface area contributed by atoms with Crippen LogP contribution in [-0.2, 0) is 9.36 Å². The molecule has 0 aromatic heterocycles. The Labute approximate surface area is 145 Å². The molecule has 24 heavy (non-hydrogen) atoms. The molecule has 2 aliphatic carbocycles. The van der Waals surface area contributed by atoms with Crippen LogP contribution in [0.2, 0.25) is 0 Å². The van der Waals surface area contributed by atoms with E-state index in [0.29, 0.717) is 11.8 Å². The molecule has 6 heteroatoms. The van der Waals surface area contributed by atoms with Crippen molar-refractivity contribution in [2.24, 2.45) is 23.5 Å². The van der Waals surface area contributed by atoms with E-state index in [-0.39, 0.29) is 23.7 Å². The number of carbonyl (C=O) groups is 1. The second kappa shape index (κ2) is 9.74. The smallest absolute Gasteiger partial charge is 0.331 e. The van der Waals surface area contributed by atoms with Gasteiger partial charge in [-0.05, 0) is 37.0 Å². The third kappa shape index (κ3) is 6.02. The average molecular weight is 357 g/mol. The van der Waals surface area contributed by atoms with Gasteiger partial charge in [-0.3, -0.25) is 4.57 Å². The van der Waals surface area contributed by atoms with E-state index in [1.165, 1.54) is 44.9 Å². The van der Waals surface area contributed by atoms with Crippen molar-refractivity contribution in [2.45, 2.75) is 70.3 Å². The van der Waals surface area contributed by atoms with Crippen LogP contribution in [0.5, 0.6) is 0 Å². The molecular formula is C18H32NO4P. The van der Waals surface area contributed by atoms with Crippen molar-refractivity contribution < 1.29 is 19.4 Å². The Balaban J connectivity index is 2.12. The summed E-state index contributed by atoms with van der Waals surface area (Å²) < 4.78 is 11.2. The minimum atomic E-state index is -2.84. The van der Waals surface area contributed by atoms with E-state index in [0.717, 1.165) is 19.3 Å². The molecule has 0 aliphatic heterocycles. The van der Waals surface area contributed by atoms with Crippen molar-refractivity contribution in [3.05, 3.63) is 11.6 Å². The van der Waals surface area contributed by atoms with Crippen molar-refractivity contribution >= 4 is 14.0 Å². The fourth-order valence-corrected chi connectivity index (χ4v) is 5.11. The monoisotopic (exact) mass is 357 g/mol. The molecule has 2 saturated carbocycles. The lowest BCUT2D eigenvalue weighted by Gasteiger charge is -2.31. The molecule has 3 atom stereocenters. The molecule has 0 bridgehead atoms. The van der Waals surface area contributed by atoms with Gasteiger partial charge in [0.2, 0.25) is 0 Å². The van der Waals surface area contributed by atoms with E-state index in [1.807, 2.05) is 0 Å². The summed E-state index contributed by atoms with van der Waals surface area (Å²) in [6, 6.07) is -0.0495. The summed E-state index contributed by atoms with van der Waals surface area (Å²) in [4.78, 5) is 20.6. The van der Waals surface area contributed by atoms with Gasteiger partial charge >= 0.3 is 5.97 Å². The Kier molecular flexibility index (Phi) is 7.99. The lowest BCUT2D eigenvalue weighted by Crippen LogP contribution is -2.36. The van der Waals surface area contributed by atoms with Gasteiger partial charge < -0.3 is 15.7 Å². The predicted molar refractivity (Wildman–Crippen MR) is 96.4 cm³/mol. The van der Waals surface area contributed by atoms with Crippen LogP contribution in [-0.4, -0.2) is 28.2 Å². The molecule has 0 amide bonds. The number of rotatable bonds is 8. The quantitative estimate of drug-likeness (QED) is 0.455. The molecule has 0 saturated heterocycles. The van der Waals surface area contributed by atoms with Crippen LogP contribution in [0.15, 0.2) is 11.6 Å². The van der Waals surface area contributed by atoms with Gasteiger partial charge in [0.1, 0.15) is 0 Å².